The highest BCUT2D eigenvalue weighted by atomic mass is 16.5. The number of amides is 2. The largest absolute Gasteiger partial charge is 0.497 e. The van der Waals surface area contributed by atoms with Gasteiger partial charge in [-0.3, -0.25) is 4.79 Å². The van der Waals surface area contributed by atoms with Crippen molar-refractivity contribution in [2.24, 2.45) is 11.3 Å². The van der Waals surface area contributed by atoms with Crippen molar-refractivity contribution in [3.05, 3.63) is 12.3 Å². The van der Waals surface area contributed by atoms with Crippen LogP contribution in [0, 0.1) is 11.3 Å². The van der Waals surface area contributed by atoms with Crippen LogP contribution in [-0.4, -0.2) is 47.7 Å². The fraction of sp³-hybridized carbons (Fsp3) is 0.733. The van der Waals surface area contributed by atoms with Gasteiger partial charge in [0.15, 0.2) is 0 Å². The summed E-state index contributed by atoms with van der Waals surface area (Å²) in [5, 5.41) is 12.4. The fourth-order valence-electron chi connectivity index (χ4n) is 3.84. The molecule has 0 radical (unpaired) electrons. The van der Waals surface area contributed by atoms with Crippen LogP contribution in [0.15, 0.2) is 12.3 Å². The molecule has 1 saturated heterocycles. The molecule has 0 aromatic heterocycles. The van der Waals surface area contributed by atoms with Crippen LogP contribution >= 0.6 is 0 Å². The summed E-state index contributed by atoms with van der Waals surface area (Å²) in [5.74, 6) is -0.643. The topological polar surface area (TPSA) is 78.9 Å². The molecule has 21 heavy (non-hydrogen) atoms. The van der Waals surface area contributed by atoms with E-state index >= 15 is 0 Å². The summed E-state index contributed by atoms with van der Waals surface area (Å²) in [6.45, 7) is 1.37. The normalized spacial score (nSPS) is 34.4. The summed E-state index contributed by atoms with van der Waals surface area (Å²) >= 11 is 0. The van der Waals surface area contributed by atoms with Crippen LogP contribution in [-0.2, 0) is 9.53 Å². The van der Waals surface area contributed by atoms with Crippen molar-refractivity contribution in [2.45, 2.75) is 38.2 Å². The van der Waals surface area contributed by atoms with Crippen molar-refractivity contribution in [1.82, 2.24) is 10.2 Å². The number of aliphatic carboxylic acids is 1. The Morgan fingerprint density at radius 1 is 1.43 bits per heavy atom. The highest BCUT2D eigenvalue weighted by Gasteiger charge is 2.55. The Balaban J connectivity index is 1.54. The number of fused-ring (bicyclic) bond motifs is 1. The molecule has 3 aliphatic rings. The van der Waals surface area contributed by atoms with Gasteiger partial charge < -0.3 is 20.1 Å². The number of carbonyl (C=O) groups excluding carboxylic acids is 1. The van der Waals surface area contributed by atoms with Crippen molar-refractivity contribution in [1.29, 1.82) is 0 Å². The highest BCUT2D eigenvalue weighted by molar-refractivity contribution is 5.80. The van der Waals surface area contributed by atoms with Gasteiger partial charge in [-0.2, -0.15) is 0 Å². The zero-order chi connectivity index (χ0) is 14.9. The van der Waals surface area contributed by atoms with Crippen LogP contribution in [0.25, 0.3) is 0 Å². The van der Waals surface area contributed by atoms with E-state index in [4.69, 9.17) is 4.74 Å². The van der Waals surface area contributed by atoms with Crippen LogP contribution in [0.3, 0.4) is 0 Å². The molecule has 0 spiro atoms. The number of carbonyl (C=O) groups is 2. The Labute approximate surface area is 124 Å². The van der Waals surface area contributed by atoms with E-state index in [9.17, 15) is 14.7 Å². The third-order valence-corrected chi connectivity index (χ3v) is 5.09. The highest BCUT2D eigenvalue weighted by Crippen LogP contribution is 2.48. The molecule has 2 heterocycles. The molecule has 0 bridgehead atoms. The lowest BCUT2D eigenvalue weighted by atomic mass is 9.81. The molecule has 2 N–H and O–H groups in total. The monoisotopic (exact) mass is 294 g/mol. The van der Waals surface area contributed by atoms with Gasteiger partial charge in [0.1, 0.15) is 6.10 Å². The maximum atomic E-state index is 12.2. The van der Waals surface area contributed by atoms with Gasteiger partial charge in [0, 0.05) is 13.1 Å². The van der Waals surface area contributed by atoms with Crippen LogP contribution < -0.4 is 5.32 Å². The molecule has 6 heteroatoms. The standard InChI is InChI=1S/C15H22N2O4/c18-13(19)15-6-3-4-11(15)9-17(10-15)14(20)16-8-12-5-1-2-7-21-12/h2,7,11-12H,1,3-6,8-10H2,(H,16,20)(H,18,19)/t11-,12?,15+/m0/s1. The summed E-state index contributed by atoms with van der Waals surface area (Å²) in [6.07, 6.45) is 8.09. The number of ether oxygens (including phenoxy) is 1. The third kappa shape index (κ3) is 2.59. The molecule has 116 valence electrons. The molecule has 0 aromatic rings. The molecule has 1 unspecified atom stereocenters. The Kier molecular flexibility index (Phi) is 3.78. The number of hydrogen-bond acceptors (Lipinski definition) is 3. The van der Waals surface area contributed by atoms with E-state index in [1.807, 2.05) is 6.08 Å². The maximum Gasteiger partial charge on any atom is 0.317 e. The van der Waals surface area contributed by atoms with Crippen molar-refractivity contribution in [3.8, 4) is 0 Å². The molecule has 0 aromatic carbocycles. The first kappa shape index (κ1) is 14.2. The van der Waals surface area contributed by atoms with Gasteiger partial charge >= 0.3 is 12.0 Å². The number of carboxylic acid groups (broad SMARTS) is 1. The van der Waals surface area contributed by atoms with Crippen molar-refractivity contribution in [3.63, 3.8) is 0 Å². The van der Waals surface area contributed by atoms with E-state index in [0.29, 0.717) is 26.1 Å². The second kappa shape index (κ2) is 5.58. The van der Waals surface area contributed by atoms with Gasteiger partial charge in [-0.1, -0.05) is 6.42 Å². The second-order valence-electron chi connectivity index (χ2n) is 6.32. The summed E-state index contributed by atoms with van der Waals surface area (Å²) in [7, 11) is 0. The SMILES string of the molecule is O=C(NCC1CCC=CO1)N1C[C@@H]2CCC[C@@]2(C(=O)O)C1. The van der Waals surface area contributed by atoms with E-state index in [-0.39, 0.29) is 18.1 Å². The Hall–Kier alpha value is -1.72. The minimum atomic E-state index is -0.749. The van der Waals surface area contributed by atoms with Crippen molar-refractivity contribution < 1.29 is 19.4 Å². The number of hydrogen-bond donors (Lipinski definition) is 2. The van der Waals surface area contributed by atoms with Crippen molar-refractivity contribution >= 4 is 12.0 Å². The lowest BCUT2D eigenvalue weighted by Gasteiger charge is -2.24. The van der Waals surface area contributed by atoms with Gasteiger partial charge in [-0.15, -0.1) is 0 Å². The average Bonchev–Trinajstić information content (AvgIpc) is 3.03. The van der Waals surface area contributed by atoms with Gasteiger partial charge in [0.05, 0.1) is 18.2 Å². The molecule has 2 amide bonds. The molecular formula is C15H22N2O4. The zero-order valence-corrected chi connectivity index (χ0v) is 12.1. The fourth-order valence-corrected chi connectivity index (χ4v) is 3.84. The third-order valence-electron chi connectivity index (χ3n) is 5.09. The van der Waals surface area contributed by atoms with E-state index in [1.165, 1.54) is 0 Å². The lowest BCUT2D eigenvalue weighted by molar-refractivity contribution is -0.149. The molecule has 2 fully saturated rings. The Morgan fingerprint density at radius 2 is 2.29 bits per heavy atom. The average molecular weight is 294 g/mol. The van der Waals surface area contributed by atoms with Crippen LogP contribution in [0.4, 0.5) is 4.79 Å². The number of carboxylic acids is 1. The minimum absolute atomic E-state index is 0.0227. The molecular weight excluding hydrogens is 272 g/mol. The lowest BCUT2D eigenvalue weighted by Crippen LogP contribution is -2.44. The molecule has 6 nitrogen and oxygen atoms in total. The number of rotatable bonds is 3. The van der Waals surface area contributed by atoms with Crippen LogP contribution in [0.5, 0.6) is 0 Å². The molecule has 2 aliphatic heterocycles. The smallest absolute Gasteiger partial charge is 0.317 e. The van der Waals surface area contributed by atoms with Gasteiger partial charge in [-0.25, -0.2) is 4.79 Å². The quantitative estimate of drug-likeness (QED) is 0.828. The molecule has 1 saturated carbocycles. The van der Waals surface area contributed by atoms with Gasteiger partial charge in [0.25, 0.3) is 0 Å². The zero-order valence-electron chi connectivity index (χ0n) is 12.1. The number of nitrogens with one attached hydrogen (secondary N) is 1. The summed E-state index contributed by atoms with van der Waals surface area (Å²) in [6, 6.07) is -0.164. The predicted octanol–water partition coefficient (Wildman–Crippen LogP) is 1.58. The van der Waals surface area contributed by atoms with Crippen LogP contribution in [0.1, 0.15) is 32.1 Å². The molecule has 3 rings (SSSR count). The van der Waals surface area contributed by atoms with Gasteiger partial charge in [-0.05, 0) is 37.7 Å². The first-order chi connectivity index (χ1) is 10.1. The maximum absolute atomic E-state index is 12.2. The van der Waals surface area contributed by atoms with Crippen molar-refractivity contribution in [2.75, 3.05) is 19.6 Å². The van der Waals surface area contributed by atoms with E-state index in [0.717, 1.165) is 25.7 Å². The Morgan fingerprint density at radius 3 is 2.95 bits per heavy atom. The molecule has 1 aliphatic carbocycles. The predicted molar refractivity (Wildman–Crippen MR) is 75.6 cm³/mol. The minimum Gasteiger partial charge on any atom is -0.497 e. The van der Waals surface area contributed by atoms with Gasteiger partial charge in [0.2, 0.25) is 0 Å². The number of urea groups is 1. The number of likely N-dealkylation sites (tertiary alicyclic amines) is 1. The summed E-state index contributed by atoms with van der Waals surface area (Å²) in [5.41, 5.74) is -0.707. The van der Waals surface area contributed by atoms with Crippen LogP contribution in [0.2, 0.25) is 0 Å². The first-order valence-electron chi connectivity index (χ1n) is 7.68. The van der Waals surface area contributed by atoms with E-state index in [1.54, 1.807) is 11.2 Å². The Bertz CT molecular complexity index is 465. The number of allylic oxidation sites excluding steroid dienone is 1. The number of nitrogens with zero attached hydrogens (tertiary/aromatic N) is 1. The first-order valence-corrected chi connectivity index (χ1v) is 7.68. The summed E-state index contributed by atoms with van der Waals surface area (Å²) < 4.78 is 5.42. The van der Waals surface area contributed by atoms with E-state index < -0.39 is 11.4 Å². The van der Waals surface area contributed by atoms with E-state index in [2.05, 4.69) is 5.32 Å². The molecule has 3 atom stereocenters. The second-order valence-corrected chi connectivity index (χ2v) is 6.32. The summed E-state index contributed by atoms with van der Waals surface area (Å²) in [4.78, 5) is 25.5.